The number of hydrogen-bond acceptors (Lipinski definition) is 3. The monoisotopic (exact) mass is 365 g/mol. The average molecular weight is 366 g/mol. The molecule has 0 fully saturated rings. The van der Waals surface area contributed by atoms with E-state index in [1.165, 1.54) is 17.4 Å². The minimum atomic E-state index is -1.05. The summed E-state index contributed by atoms with van der Waals surface area (Å²) in [6, 6.07) is 9.04. The zero-order chi connectivity index (χ0) is 15.4. The maximum Gasteiger partial charge on any atom is 0.338 e. The number of amides is 1. The van der Waals surface area contributed by atoms with Gasteiger partial charge in [0, 0.05) is 15.4 Å². The van der Waals surface area contributed by atoms with Crippen molar-refractivity contribution in [2.75, 3.05) is 5.32 Å². The molecule has 4 nitrogen and oxygen atoms in total. The third-order valence-corrected chi connectivity index (χ3v) is 4.33. The fourth-order valence-corrected chi connectivity index (χ4v) is 3.02. The third-order valence-electron chi connectivity index (χ3n) is 2.64. The minimum Gasteiger partial charge on any atom is -0.478 e. The Morgan fingerprint density at radius 3 is 2.71 bits per heavy atom. The molecule has 0 bridgehead atoms. The smallest absolute Gasteiger partial charge is 0.338 e. The number of benzene rings is 1. The van der Waals surface area contributed by atoms with E-state index in [1.54, 1.807) is 19.1 Å². The molecule has 2 N–H and O–H groups in total. The van der Waals surface area contributed by atoms with E-state index in [0.717, 1.165) is 14.9 Å². The molecule has 0 spiro atoms. The van der Waals surface area contributed by atoms with Crippen LogP contribution in [0.4, 0.5) is 5.00 Å². The molecule has 0 radical (unpaired) electrons. The number of anilines is 1. The highest BCUT2D eigenvalue weighted by Gasteiger charge is 2.14. The van der Waals surface area contributed by atoms with Crippen molar-refractivity contribution in [2.24, 2.45) is 0 Å². The lowest BCUT2D eigenvalue weighted by Crippen LogP contribution is -2.09. The zero-order valence-corrected chi connectivity index (χ0v) is 13.5. The summed E-state index contributed by atoms with van der Waals surface area (Å²) in [5.74, 6) is -1.42. The van der Waals surface area contributed by atoms with Gasteiger partial charge in [-0.3, -0.25) is 4.79 Å². The van der Waals surface area contributed by atoms with E-state index in [2.05, 4.69) is 21.2 Å². The number of aryl methyl sites for hydroxylation is 1. The Morgan fingerprint density at radius 2 is 2.05 bits per heavy atom. The van der Waals surface area contributed by atoms with E-state index in [4.69, 9.17) is 5.11 Å². The largest absolute Gasteiger partial charge is 0.478 e. The molecule has 108 valence electrons. The number of rotatable bonds is 4. The summed E-state index contributed by atoms with van der Waals surface area (Å²) in [7, 11) is 0. The van der Waals surface area contributed by atoms with E-state index >= 15 is 0 Å². The lowest BCUT2D eigenvalue weighted by Gasteiger charge is -2.01. The number of carbonyl (C=O) groups is 2. The topological polar surface area (TPSA) is 66.4 Å². The Bertz CT molecular complexity index is 721. The van der Waals surface area contributed by atoms with Crippen molar-refractivity contribution in [3.05, 3.63) is 56.9 Å². The predicted molar refractivity (Wildman–Crippen MR) is 87.8 cm³/mol. The quantitative estimate of drug-likeness (QED) is 0.799. The van der Waals surface area contributed by atoms with E-state index < -0.39 is 5.97 Å². The Kier molecular flexibility index (Phi) is 4.93. The van der Waals surface area contributed by atoms with Crippen LogP contribution in [0.25, 0.3) is 6.08 Å². The van der Waals surface area contributed by atoms with Gasteiger partial charge in [-0.15, -0.1) is 11.3 Å². The number of nitrogens with one attached hydrogen (secondary N) is 1. The van der Waals surface area contributed by atoms with Crippen LogP contribution in [-0.4, -0.2) is 17.0 Å². The minimum absolute atomic E-state index is 0.111. The summed E-state index contributed by atoms with van der Waals surface area (Å²) in [5, 5.41) is 12.0. The molecule has 0 saturated heterocycles. The van der Waals surface area contributed by atoms with E-state index in [0.29, 0.717) is 5.00 Å². The molecule has 2 rings (SSSR count). The fraction of sp³-hybridized carbons (Fsp3) is 0.0667. The van der Waals surface area contributed by atoms with Gasteiger partial charge in [-0.1, -0.05) is 34.1 Å². The van der Waals surface area contributed by atoms with Gasteiger partial charge in [0.05, 0.1) is 5.56 Å². The Hall–Kier alpha value is -1.92. The van der Waals surface area contributed by atoms with Gasteiger partial charge >= 0.3 is 5.97 Å². The van der Waals surface area contributed by atoms with Gasteiger partial charge < -0.3 is 10.4 Å². The van der Waals surface area contributed by atoms with Crippen molar-refractivity contribution in [3.63, 3.8) is 0 Å². The van der Waals surface area contributed by atoms with Crippen LogP contribution < -0.4 is 5.32 Å². The summed E-state index contributed by atoms with van der Waals surface area (Å²) >= 11 is 4.63. The molecular formula is C15H12BrNO3S. The number of hydrogen-bond donors (Lipinski definition) is 2. The highest BCUT2D eigenvalue weighted by atomic mass is 79.9. The molecule has 0 aliphatic rings. The van der Waals surface area contributed by atoms with Gasteiger partial charge in [0.2, 0.25) is 5.91 Å². The predicted octanol–water partition coefficient (Wildman–Crippen LogP) is 4.17. The zero-order valence-electron chi connectivity index (χ0n) is 11.1. The van der Waals surface area contributed by atoms with Crippen LogP contribution in [0.5, 0.6) is 0 Å². The normalized spacial score (nSPS) is 10.8. The van der Waals surface area contributed by atoms with Gasteiger partial charge in [-0.2, -0.15) is 0 Å². The SMILES string of the molecule is Cc1cc(C(=O)O)c(NC(=O)C=Cc2ccccc2Br)s1. The first kappa shape index (κ1) is 15.5. The lowest BCUT2D eigenvalue weighted by atomic mass is 10.2. The van der Waals surface area contributed by atoms with Crippen LogP contribution in [0.3, 0.4) is 0 Å². The molecule has 0 aliphatic heterocycles. The molecule has 0 saturated carbocycles. The second-order valence-corrected chi connectivity index (χ2v) is 6.36. The maximum atomic E-state index is 11.9. The molecule has 1 amide bonds. The van der Waals surface area contributed by atoms with Gasteiger partial charge in [-0.05, 0) is 30.7 Å². The molecule has 0 aliphatic carbocycles. The number of thiophene rings is 1. The van der Waals surface area contributed by atoms with Crippen LogP contribution in [0.2, 0.25) is 0 Å². The average Bonchev–Trinajstić information content (AvgIpc) is 2.79. The van der Waals surface area contributed by atoms with Crippen LogP contribution in [0.15, 0.2) is 40.9 Å². The second kappa shape index (κ2) is 6.69. The standard InChI is InChI=1S/C15H12BrNO3S/c1-9-8-11(15(19)20)14(21-9)17-13(18)7-6-10-4-2-3-5-12(10)16/h2-8H,1H3,(H,17,18)(H,19,20). The molecule has 21 heavy (non-hydrogen) atoms. The molecule has 0 atom stereocenters. The molecule has 2 aromatic rings. The van der Waals surface area contributed by atoms with E-state index in [-0.39, 0.29) is 11.5 Å². The maximum absolute atomic E-state index is 11.9. The van der Waals surface area contributed by atoms with E-state index in [9.17, 15) is 9.59 Å². The first-order valence-corrected chi connectivity index (χ1v) is 7.65. The fourth-order valence-electron chi connectivity index (χ4n) is 1.70. The molecule has 1 aromatic heterocycles. The summed E-state index contributed by atoms with van der Waals surface area (Å²) in [6.07, 6.45) is 3.04. The van der Waals surface area contributed by atoms with Crippen molar-refractivity contribution >= 4 is 50.2 Å². The van der Waals surface area contributed by atoms with Crippen LogP contribution in [0, 0.1) is 6.92 Å². The van der Waals surface area contributed by atoms with Gasteiger partial charge in [0.15, 0.2) is 0 Å². The first-order valence-electron chi connectivity index (χ1n) is 6.04. The Morgan fingerprint density at radius 1 is 1.33 bits per heavy atom. The second-order valence-electron chi connectivity index (χ2n) is 4.25. The van der Waals surface area contributed by atoms with Crippen molar-refractivity contribution in [2.45, 2.75) is 6.92 Å². The van der Waals surface area contributed by atoms with E-state index in [1.807, 2.05) is 24.3 Å². The summed E-state index contributed by atoms with van der Waals surface area (Å²) < 4.78 is 0.882. The van der Waals surface area contributed by atoms with Crippen LogP contribution >= 0.6 is 27.3 Å². The molecule has 6 heteroatoms. The summed E-state index contributed by atoms with van der Waals surface area (Å²) in [5.41, 5.74) is 0.980. The highest BCUT2D eigenvalue weighted by molar-refractivity contribution is 9.10. The lowest BCUT2D eigenvalue weighted by molar-refractivity contribution is -0.111. The molecular weight excluding hydrogens is 354 g/mol. The number of aromatic carboxylic acids is 1. The Labute approximate surface area is 134 Å². The molecule has 1 heterocycles. The molecule has 0 unspecified atom stereocenters. The highest BCUT2D eigenvalue weighted by Crippen LogP contribution is 2.27. The first-order chi connectivity index (χ1) is 9.97. The van der Waals surface area contributed by atoms with Crippen molar-refractivity contribution in [1.82, 2.24) is 0 Å². The third kappa shape index (κ3) is 4.03. The van der Waals surface area contributed by atoms with Gasteiger partial charge in [0.1, 0.15) is 5.00 Å². The van der Waals surface area contributed by atoms with Crippen molar-refractivity contribution in [3.8, 4) is 0 Å². The summed E-state index contributed by atoms with van der Waals surface area (Å²) in [6.45, 7) is 1.80. The van der Waals surface area contributed by atoms with Gasteiger partial charge in [-0.25, -0.2) is 4.79 Å². The summed E-state index contributed by atoms with van der Waals surface area (Å²) in [4.78, 5) is 23.8. The van der Waals surface area contributed by atoms with Crippen LogP contribution in [-0.2, 0) is 4.79 Å². The number of carboxylic acids is 1. The van der Waals surface area contributed by atoms with Crippen molar-refractivity contribution in [1.29, 1.82) is 0 Å². The molecule has 1 aromatic carbocycles. The van der Waals surface area contributed by atoms with Gasteiger partial charge in [0.25, 0.3) is 0 Å². The van der Waals surface area contributed by atoms with Crippen LogP contribution in [0.1, 0.15) is 20.8 Å². The number of carboxylic acid groups (broad SMARTS) is 1. The van der Waals surface area contributed by atoms with Crippen molar-refractivity contribution < 1.29 is 14.7 Å². The number of carbonyl (C=O) groups excluding carboxylic acids is 1. The Balaban J connectivity index is 2.12. The number of halogens is 1.